The van der Waals surface area contributed by atoms with Gasteiger partial charge in [-0.3, -0.25) is 0 Å². The van der Waals surface area contributed by atoms with E-state index in [9.17, 15) is 18.4 Å². The predicted octanol–water partition coefficient (Wildman–Crippen LogP) is 5.17. The molecule has 2 aromatic carbocycles. The molecular weight excluding hydrogens is 499 g/mol. The number of morpholine rings is 1. The third-order valence-electron chi connectivity index (χ3n) is 6.42. The van der Waals surface area contributed by atoms with Gasteiger partial charge in [-0.05, 0) is 42.5 Å². The van der Waals surface area contributed by atoms with Crippen LogP contribution in [0.3, 0.4) is 0 Å². The maximum absolute atomic E-state index is 13.9. The van der Waals surface area contributed by atoms with Crippen LogP contribution in [0.4, 0.5) is 30.5 Å². The number of anilines is 3. The molecule has 0 amide bonds. The summed E-state index contributed by atoms with van der Waals surface area (Å²) in [5.41, 5.74) is 1.13. The van der Waals surface area contributed by atoms with Gasteiger partial charge < -0.3 is 24.4 Å². The SMILES string of the molecule is N#Cc1cc(-c2ccnc(Nc3ccc(N4CCOCC4)c(C(F)(F)F)c3)n2)ccc1OC1CCOCC1. The number of nitrogens with zero attached hydrogens (tertiary/aromatic N) is 4. The van der Waals surface area contributed by atoms with Gasteiger partial charge in [0.1, 0.15) is 17.9 Å². The van der Waals surface area contributed by atoms with Crippen LogP contribution >= 0.6 is 0 Å². The number of hydrogen-bond acceptors (Lipinski definition) is 8. The zero-order chi connectivity index (χ0) is 26.5. The molecule has 0 saturated carbocycles. The minimum absolute atomic E-state index is 0.00669. The quantitative estimate of drug-likeness (QED) is 0.471. The van der Waals surface area contributed by atoms with Crippen molar-refractivity contribution in [1.29, 1.82) is 5.26 Å². The third-order valence-corrected chi connectivity index (χ3v) is 6.42. The monoisotopic (exact) mass is 525 g/mol. The normalized spacial score (nSPS) is 16.6. The molecule has 0 spiro atoms. The molecule has 3 heterocycles. The fourth-order valence-corrected chi connectivity index (χ4v) is 4.48. The van der Waals surface area contributed by atoms with E-state index in [0.29, 0.717) is 62.1 Å². The van der Waals surface area contributed by atoms with Gasteiger partial charge in [0.25, 0.3) is 0 Å². The van der Waals surface area contributed by atoms with Gasteiger partial charge in [-0.25, -0.2) is 9.97 Å². The Bertz CT molecular complexity index is 1320. The second kappa shape index (κ2) is 11.2. The largest absolute Gasteiger partial charge is 0.489 e. The number of benzene rings is 2. The predicted molar refractivity (Wildman–Crippen MR) is 134 cm³/mol. The molecule has 0 aliphatic carbocycles. The summed E-state index contributed by atoms with van der Waals surface area (Å²) in [6.45, 7) is 2.81. The molecule has 198 valence electrons. The van der Waals surface area contributed by atoms with E-state index in [1.54, 1.807) is 35.2 Å². The smallest absolute Gasteiger partial charge is 0.418 e. The molecule has 2 aliphatic heterocycles. The highest BCUT2D eigenvalue weighted by molar-refractivity contribution is 5.68. The molecule has 3 aromatic rings. The second-order valence-electron chi connectivity index (χ2n) is 8.97. The molecule has 2 saturated heterocycles. The lowest BCUT2D eigenvalue weighted by atomic mass is 10.1. The first-order valence-electron chi connectivity index (χ1n) is 12.3. The summed E-state index contributed by atoms with van der Waals surface area (Å²) in [5, 5.41) is 12.6. The van der Waals surface area contributed by atoms with E-state index >= 15 is 0 Å². The van der Waals surface area contributed by atoms with Crippen LogP contribution in [0.25, 0.3) is 11.3 Å². The molecule has 0 unspecified atom stereocenters. The van der Waals surface area contributed by atoms with Crippen molar-refractivity contribution >= 4 is 17.3 Å². The number of aromatic nitrogens is 2. The molecule has 0 radical (unpaired) electrons. The fraction of sp³-hybridized carbons (Fsp3) is 0.370. The van der Waals surface area contributed by atoms with Gasteiger partial charge in [0, 0.05) is 49.1 Å². The molecule has 1 aromatic heterocycles. The van der Waals surface area contributed by atoms with E-state index < -0.39 is 11.7 Å². The molecule has 1 N–H and O–H groups in total. The Morgan fingerprint density at radius 1 is 1.00 bits per heavy atom. The lowest BCUT2D eigenvalue weighted by molar-refractivity contribution is -0.137. The van der Waals surface area contributed by atoms with Crippen LogP contribution in [0.1, 0.15) is 24.0 Å². The Balaban J connectivity index is 1.37. The number of hydrogen-bond donors (Lipinski definition) is 1. The minimum Gasteiger partial charge on any atom is -0.489 e. The van der Waals surface area contributed by atoms with Crippen molar-refractivity contribution in [1.82, 2.24) is 9.97 Å². The van der Waals surface area contributed by atoms with Gasteiger partial charge in [-0.2, -0.15) is 18.4 Å². The Kier molecular flexibility index (Phi) is 7.62. The van der Waals surface area contributed by atoms with E-state index in [1.165, 1.54) is 12.3 Å². The second-order valence-corrected chi connectivity index (χ2v) is 8.97. The fourth-order valence-electron chi connectivity index (χ4n) is 4.48. The van der Waals surface area contributed by atoms with Crippen LogP contribution in [-0.4, -0.2) is 55.6 Å². The van der Waals surface area contributed by atoms with E-state index in [1.807, 2.05) is 0 Å². The van der Waals surface area contributed by atoms with Crippen molar-refractivity contribution in [2.24, 2.45) is 0 Å². The number of nitriles is 1. The number of ether oxygens (including phenoxy) is 3. The van der Waals surface area contributed by atoms with Crippen molar-refractivity contribution in [2.75, 3.05) is 49.7 Å². The average molecular weight is 526 g/mol. The zero-order valence-electron chi connectivity index (χ0n) is 20.5. The number of nitrogens with one attached hydrogen (secondary N) is 1. The molecule has 38 heavy (non-hydrogen) atoms. The Hall–Kier alpha value is -3.88. The first-order valence-corrected chi connectivity index (χ1v) is 12.3. The summed E-state index contributed by atoms with van der Waals surface area (Å²) in [5.74, 6) is 0.631. The van der Waals surface area contributed by atoms with Gasteiger partial charge in [0.05, 0.1) is 43.2 Å². The molecule has 2 fully saturated rings. The highest BCUT2D eigenvalue weighted by Crippen LogP contribution is 2.39. The van der Waals surface area contributed by atoms with Gasteiger partial charge in [0.15, 0.2) is 0 Å². The summed E-state index contributed by atoms with van der Waals surface area (Å²) in [4.78, 5) is 10.3. The highest BCUT2D eigenvalue weighted by Gasteiger charge is 2.35. The molecule has 5 rings (SSSR count). The summed E-state index contributed by atoms with van der Waals surface area (Å²) in [6.07, 6.45) is -1.51. The molecular formula is C27H26F3N5O3. The Morgan fingerprint density at radius 2 is 1.76 bits per heavy atom. The van der Waals surface area contributed by atoms with E-state index in [4.69, 9.17) is 14.2 Å². The molecule has 8 nitrogen and oxygen atoms in total. The van der Waals surface area contributed by atoms with Crippen LogP contribution in [0.2, 0.25) is 0 Å². The maximum atomic E-state index is 13.9. The van der Waals surface area contributed by atoms with Crippen molar-refractivity contribution in [2.45, 2.75) is 25.1 Å². The topological polar surface area (TPSA) is 92.5 Å². The standard InChI is InChI=1S/C27H26F3N5O3/c28-27(29,30)22-16-20(2-3-24(22)35-9-13-37-14-10-35)33-26-32-8-5-23(34-26)18-1-4-25(19(15-18)17-31)38-21-6-11-36-12-7-21/h1-5,8,15-16,21H,6-7,9-14H2,(H,32,33,34). The zero-order valence-corrected chi connectivity index (χ0v) is 20.5. The summed E-state index contributed by atoms with van der Waals surface area (Å²) in [7, 11) is 0. The molecule has 2 aliphatic rings. The highest BCUT2D eigenvalue weighted by atomic mass is 19.4. The van der Waals surface area contributed by atoms with Crippen molar-refractivity contribution in [3.05, 3.63) is 59.8 Å². The van der Waals surface area contributed by atoms with E-state index in [0.717, 1.165) is 18.9 Å². The van der Waals surface area contributed by atoms with Crippen LogP contribution < -0.4 is 15.0 Å². The van der Waals surface area contributed by atoms with Gasteiger partial charge >= 0.3 is 6.18 Å². The van der Waals surface area contributed by atoms with Crippen LogP contribution in [0.15, 0.2) is 48.7 Å². The number of alkyl halides is 3. The number of halogens is 3. The molecule has 0 atom stereocenters. The molecule has 11 heteroatoms. The third kappa shape index (κ3) is 5.98. The summed E-state index contributed by atoms with van der Waals surface area (Å²) < 4.78 is 58.3. The average Bonchev–Trinajstić information content (AvgIpc) is 2.94. The van der Waals surface area contributed by atoms with Crippen LogP contribution in [0.5, 0.6) is 5.75 Å². The van der Waals surface area contributed by atoms with Crippen molar-refractivity contribution < 1.29 is 27.4 Å². The first kappa shape index (κ1) is 25.8. The van der Waals surface area contributed by atoms with E-state index in [2.05, 4.69) is 21.4 Å². The lowest BCUT2D eigenvalue weighted by Gasteiger charge is -2.31. The van der Waals surface area contributed by atoms with Crippen molar-refractivity contribution in [3.8, 4) is 23.1 Å². The van der Waals surface area contributed by atoms with Crippen LogP contribution in [0, 0.1) is 11.3 Å². The van der Waals surface area contributed by atoms with Gasteiger partial charge in [-0.15, -0.1) is 0 Å². The van der Waals surface area contributed by atoms with Gasteiger partial charge in [0.2, 0.25) is 5.95 Å². The van der Waals surface area contributed by atoms with Gasteiger partial charge in [-0.1, -0.05) is 0 Å². The lowest BCUT2D eigenvalue weighted by Crippen LogP contribution is -2.37. The van der Waals surface area contributed by atoms with E-state index in [-0.39, 0.29) is 23.4 Å². The summed E-state index contributed by atoms with van der Waals surface area (Å²) in [6, 6.07) is 13.1. The molecule has 0 bridgehead atoms. The minimum atomic E-state index is -4.53. The Labute approximate surface area is 218 Å². The van der Waals surface area contributed by atoms with Crippen LogP contribution in [-0.2, 0) is 15.7 Å². The first-order chi connectivity index (χ1) is 18.4. The summed E-state index contributed by atoms with van der Waals surface area (Å²) >= 11 is 0. The Morgan fingerprint density at radius 3 is 2.50 bits per heavy atom. The number of rotatable bonds is 6. The maximum Gasteiger partial charge on any atom is 0.418 e. The van der Waals surface area contributed by atoms with Crippen molar-refractivity contribution in [3.63, 3.8) is 0 Å².